The Bertz CT molecular complexity index is 1290. The Morgan fingerprint density at radius 3 is 1.29 bits per heavy atom. The number of H-pyrrole nitrogens is 2. The number of aromatic amines is 2. The highest BCUT2D eigenvalue weighted by atomic mass is 16.3. The molecule has 5 aromatic rings. The zero-order valence-corrected chi connectivity index (χ0v) is 19.9. The second-order valence-electron chi connectivity index (χ2n) is 9.21. The smallest absolute Gasteiger partial charge is 0.119 e. The van der Waals surface area contributed by atoms with Crippen LogP contribution in [0.3, 0.4) is 0 Å². The van der Waals surface area contributed by atoms with Gasteiger partial charge >= 0.3 is 0 Å². The number of aromatic nitrogens is 2. The zero-order valence-electron chi connectivity index (χ0n) is 19.9. The molecule has 4 heteroatoms. The van der Waals surface area contributed by atoms with Crippen LogP contribution in [0, 0.1) is 13.8 Å². The summed E-state index contributed by atoms with van der Waals surface area (Å²) in [6.07, 6.45) is -1.47. The number of nitrogens with one attached hydrogen (secondary N) is 2. The SMILES string of the molecule is Cc1ccc(C(O)c2ccc(C(c3ccccc3)c3ccc(C(O)c4ccc(C)cc4)[nH]3)[nH]2)cc1. The fourth-order valence-electron chi connectivity index (χ4n) is 4.54. The summed E-state index contributed by atoms with van der Waals surface area (Å²) in [5, 5.41) is 21.9. The van der Waals surface area contributed by atoms with Crippen molar-refractivity contribution in [3.63, 3.8) is 0 Å². The Morgan fingerprint density at radius 2 is 0.857 bits per heavy atom. The molecule has 176 valence electrons. The number of hydrogen-bond acceptors (Lipinski definition) is 2. The monoisotopic (exact) mass is 462 g/mol. The minimum Gasteiger partial charge on any atom is -0.382 e. The number of aliphatic hydroxyl groups excluding tert-OH is 2. The standard InChI is InChI=1S/C31H30N2O2/c1-20-8-12-23(13-9-20)30(34)27-18-16-25(32-27)29(22-6-4-3-5-7-22)26-17-19-28(33-26)31(35)24-14-10-21(2)11-15-24/h3-19,29-35H,1-2H3. The third-order valence-electron chi connectivity index (χ3n) is 6.59. The molecule has 5 rings (SSSR count). The number of rotatable bonds is 7. The molecule has 0 saturated heterocycles. The van der Waals surface area contributed by atoms with Crippen molar-refractivity contribution in [1.29, 1.82) is 0 Å². The summed E-state index contributed by atoms with van der Waals surface area (Å²) < 4.78 is 0. The van der Waals surface area contributed by atoms with Gasteiger partial charge in [0.2, 0.25) is 0 Å². The van der Waals surface area contributed by atoms with Gasteiger partial charge < -0.3 is 20.2 Å². The average molecular weight is 463 g/mol. The first-order valence-electron chi connectivity index (χ1n) is 11.9. The van der Waals surface area contributed by atoms with Crippen molar-refractivity contribution in [2.45, 2.75) is 32.0 Å². The fraction of sp³-hybridized carbons (Fsp3) is 0.161. The molecule has 0 amide bonds. The van der Waals surface area contributed by atoms with Gasteiger partial charge in [0.1, 0.15) is 12.2 Å². The molecule has 2 heterocycles. The van der Waals surface area contributed by atoms with E-state index in [1.165, 1.54) is 0 Å². The second-order valence-corrected chi connectivity index (χ2v) is 9.21. The average Bonchev–Trinajstić information content (AvgIpc) is 3.56. The minimum atomic E-state index is -0.733. The van der Waals surface area contributed by atoms with E-state index >= 15 is 0 Å². The molecule has 0 aliphatic carbocycles. The Balaban J connectivity index is 1.48. The molecule has 0 spiro atoms. The zero-order chi connectivity index (χ0) is 24.4. The van der Waals surface area contributed by atoms with E-state index in [2.05, 4.69) is 22.1 Å². The fourth-order valence-corrected chi connectivity index (χ4v) is 4.54. The van der Waals surface area contributed by atoms with Gasteiger partial charge in [0, 0.05) is 22.8 Å². The molecule has 35 heavy (non-hydrogen) atoms. The van der Waals surface area contributed by atoms with Crippen LogP contribution in [0.4, 0.5) is 0 Å². The lowest BCUT2D eigenvalue weighted by Gasteiger charge is -2.17. The topological polar surface area (TPSA) is 72.0 Å². The van der Waals surface area contributed by atoms with Gasteiger partial charge in [-0.1, -0.05) is 90.0 Å². The molecule has 2 aromatic heterocycles. The maximum Gasteiger partial charge on any atom is 0.119 e. The summed E-state index contributed by atoms with van der Waals surface area (Å²) >= 11 is 0. The van der Waals surface area contributed by atoms with E-state index in [0.717, 1.165) is 50.6 Å². The van der Waals surface area contributed by atoms with E-state index in [1.54, 1.807) is 0 Å². The maximum absolute atomic E-state index is 11.0. The van der Waals surface area contributed by atoms with Gasteiger partial charge in [0.15, 0.2) is 0 Å². The number of benzene rings is 3. The van der Waals surface area contributed by atoms with E-state index in [4.69, 9.17) is 0 Å². The van der Waals surface area contributed by atoms with Gasteiger partial charge in [-0.05, 0) is 54.8 Å². The summed E-state index contributed by atoms with van der Waals surface area (Å²) in [4.78, 5) is 6.93. The van der Waals surface area contributed by atoms with Crippen molar-refractivity contribution in [2.24, 2.45) is 0 Å². The number of hydrogen-bond donors (Lipinski definition) is 4. The van der Waals surface area contributed by atoms with Gasteiger partial charge in [-0.2, -0.15) is 0 Å². The van der Waals surface area contributed by atoms with Gasteiger partial charge in [-0.15, -0.1) is 0 Å². The lowest BCUT2D eigenvalue weighted by molar-refractivity contribution is 0.216. The van der Waals surface area contributed by atoms with Crippen LogP contribution in [-0.4, -0.2) is 20.2 Å². The lowest BCUT2D eigenvalue weighted by Crippen LogP contribution is -2.07. The predicted molar refractivity (Wildman–Crippen MR) is 139 cm³/mol. The Kier molecular flexibility index (Phi) is 6.41. The highest BCUT2D eigenvalue weighted by Gasteiger charge is 2.23. The van der Waals surface area contributed by atoms with Gasteiger partial charge in [-0.3, -0.25) is 0 Å². The first-order valence-corrected chi connectivity index (χ1v) is 11.9. The molecule has 3 aromatic carbocycles. The molecule has 0 radical (unpaired) electrons. The molecule has 2 unspecified atom stereocenters. The summed E-state index contributed by atoms with van der Waals surface area (Å²) in [6.45, 7) is 4.07. The minimum absolute atomic E-state index is 0.103. The molecule has 0 fully saturated rings. The first kappa shape index (κ1) is 22.9. The first-order chi connectivity index (χ1) is 17.0. The normalized spacial score (nSPS) is 13.9. The van der Waals surface area contributed by atoms with Crippen LogP contribution in [0.25, 0.3) is 0 Å². The van der Waals surface area contributed by atoms with Crippen molar-refractivity contribution in [1.82, 2.24) is 9.97 Å². The Morgan fingerprint density at radius 1 is 0.457 bits per heavy atom. The predicted octanol–water partition coefficient (Wildman–Crippen LogP) is 6.30. The van der Waals surface area contributed by atoms with Crippen molar-refractivity contribution >= 4 is 0 Å². The summed E-state index contributed by atoms with van der Waals surface area (Å²) in [5.41, 5.74) is 8.56. The molecular formula is C31H30N2O2. The van der Waals surface area contributed by atoms with Crippen molar-refractivity contribution in [2.75, 3.05) is 0 Å². The molecule has 0 saturated carbocycles. The van der Waals surface area contributed by atoms with E-state index in [1.807, 2.05) is 105 Å². The molecule has 0 aliphatic heterocycles. The van der Waals surface area contributed by atoms with Crippen LogP contribution in [-0.2, 0) is 0 Å². The van der Waals surface area contributed by atoms with Crippen LogP contribution >= 0.6 is 0 Å². The number of aryl methyl sites for hydroxylation is 2. The highest BCUT2D eigenvalue weighted by Crippen LogP contribution is 2.34. The van der Waals surface area contributed by atoms with E-state index < -0.39 is 12.2 Å². The van der Waals surface area contributed by atoms with E-state index in [9.17, 15) is 10.2 Å². The number of aliphatic hydroxyl groups is 2. The summed E-state index contributed by atoms with van der Waals surface area (Å²) in [7, 11) is 0. The lowest BCUT2D eigenvalue weighted by atomic mass is 9.93. The van der Waals surface area contributed by atoms with Crippen LogP contribution < -0.4 is 0 Å². The Labute approximate surface area is 205 Å². The highest BCUT2D eigenvalue weighted by molar-refractivity contribution is 5.41. The molecule has 2 atom stereocenters. The van der Waals surface area contributed by atoms with Crippen molar-refractivity contribution in [3.05, 3.63) is 154 Å². The molecule has 4 N–H and O–H groups in total. The molecule has 0 bridgehead atoms. The second kappa shape index (κ2) is 9.79. The Hall–Kier alpha value is -3.86. The van der Waals surface area contributed by atoms with Crippen LogP contribution in [0.2, 0.25) is 0 Å². The van der Waals surface area contributed by atoms with Crippen LogP contribution in [0.15, 0.2) is 103 Å². The summed E-state index contributed by atoms with van der Waals surface area (Å²) in [6, 6.07) is 34.1. The maximum atomic E-state index is 11.0. The van der Waals surface area contributed by atoms with Crippen LogP contribution in [0.1, 0.15) is 68.7 Å². The quantitative estimate of drug-likeness (QED) is 0.229. The van der Waals surface area contributed by atoms with Gasteiger partial charge in [-0.25, -0.2) is 0 Å². The van der Waals surface area contributed by atoms with Gasteiger partial charge in [0.05, 0.1) is 5.92 Å². The van der Waals surface area contributed by atoms with E-state index in [0.29, 0.717) is 0 Å². The summed E-state index contributed by atoms with van der Waals surface area (Å²) in [5.74, 6) is -0.103. The largest absolute Gasteiger partial charge is 0.382 e. The molecule has 4 nitrogen and oxygen atoms in total. The van der Waals surface area contributed by atoms with Crippen molar-refractivity contribution in [3.8, 4) is 0 Å². The third kappa shape index (κ3) is 4.85. The van der Waals surface area contributed by atoms with Crippen molar-refractivity contribution < 1.29 is 10.2 Å². The van der Waals surface area contributed by atoms with Crippen LogP contribution in [0.5, 0.6) is 0 Å². The van der Waals surface area contributed by atoms with E-state index in [-0.39, 0.29) is 5.92 Å². The molecule has 0 aliphatic rings. The van der Waals surface area contributed by atoms with Gasteiger partial charge in [0.25, 0.3) is 0 Å². The molecular weight excluding hydrogens is 432 g/mol. The third-order valence-corrected chi connectivity index (χ3v) is 6.59.